The van der Waals surface area contributed by atoms with Gasteiger partial charge < -0.3 is 4.74 Å². The zero-order valence-corrected chi connectivity index (χ0v) is 9.16. The quantitative estimate of drug-likeness (QED) is 0.739. The van der Waals surface area contributed by atoms with Crippen molar-refractivity contribution < 1.29 is 4.74 Å². The third-order valence-electron chi connectivity index (χ3n) is 2.21. The van der Waals surface area contributed by atoms with E-state index >= 15 is 0 Å². The molecule has 0 N–H and O–H groups in total. The molecule has 1 saturated heterocycles. The summed E-state index contributed by atoms with van der Waals surface area (Å²) in [5.41, 5.74) is 0. The van der Waals surface area contributed by atoms with Crippen molar-refractivity contribution in [2.75, 3.05) is 13.2 Å². The Morgan fingerprint density at radius 1 is 1.42 bits per heavy atom. The first-order valence-corrected chi connectivity index (χ1v) is 5.85. The van der Waals surface area contributed by atoms with Crippen LogP contribution in [0.4, 0.5) is 0 Å². The van der Waals surface area contributed by atoms with Gasteiger partial charge in [0.05, 0.1) is 0 Å². The number of hydrogen-bond donors (Lipinski definition) is 0. The normalized spacial score (nSPS) is 19.8. The van der Waals surface area contributed by atoms with E-state index in [2.05, 4.69) is 27.4 Å². The van der Waals surface area contributed by atoms with Crippen LogP contribution >= 0.6 is 27.3 Å². The van der Waals surface area contributed by atoms with E-state index < -0.39 is 0 Å². The lowest BCUT2D eigenvalue weighted by Gasteiger charge is -2.20. The number of ether oxygens (including phenoxy) is 1. The zero-order valence-electron chi connectivity index (χ0n) is 6.75. The monoisotopic (exact) mass is 246 g/mol. The summed E-state index contributed by atoms with van der Waals surface area (Å²) in [7, 11) is 0. The minimum Gasteiger partial charge on any atom is -0.381 e. The topological polar surface area (TPSA) is 9.23 Å². The number of hydrogen-bond acceptors (Lipinski definition) is 2. The van der Waals surface area contributed by atoms with E-state index in [1.54, 1.807) is 0 Å². The van der Waals surface area contributed by atoms with Crippen LogP contribution in [0.15, 0.2) is 15.9 Å². The molecule has 0 unspecified atom stereocenters. The fourth-order valence-corrected chi connectivity index (χ4v) is 3.14. The number of thiophene rings is 1. The molecule has 2 rings (SSSR count). The van der Waals surface area contributed by atoms with Gasteiger partial charge in [-0.2, -0.15) is 0 Å². The van der Waals surface area contributed by atoms with Crippen LogP contribution in [0, 0.1) is 0 Å². The molecule has 0 aliphatic carbocycles. The van der Waals surface area contributed by atoms with Gasteiger partial charge in [0.2, 0.25) is 0 Å². The average Bonchev–Trinajstić information content (AvgIpc) is 2.54. The Labute approximate surface area is 84.9 Å². The maximum atomic E-state index is 5.32. The van der Waals surface area contributed by atoms with E-state index in [-0.39, 0.29) is 0 Å². The lowest BCUT2D eigenvalue weighted by Crippen LogP contribution is -2.12. The Morgan fingerprint density at radius 3 is 2.75 bits per heavy atom. The third kappa shape index (κ3) is 1.90. The number of halogens is 1. The van der Waals surface area contributed by atoms with Crippen LogP contribution in [0.5, 0.6) is 0 Å². The first-order valence-electron chi connectivity index (χ1n) is 4.18. The molecule has 0 spiro atoms. The highest BCUT2D eigenvalue weighted by Gasteiger charge is 2.16. The third-order valence-corrected chi connectivity index (χ3v) is 4.07. The van der Waals surface area contributed by atoms with Gasteiger partial charge >= 0.3 is 0 Å². The highest BCUT2D eigenvalue weighted by atomic mass is 79.9. The smallest absolute Gasteiger partial charge is 0.0472 e. The summed E-state index contributed by atoms with van der Waals surface area (Å²) in [5.74, 6) is 0.745. The highest BCUT2D eigenvalue weighted by Crippen LogP contribution is 2.33. The maximum Gasteiger partial charge on any atom is 0.0472 e. The van der Waals surface area contributed by atoms with Gasteiger partial charge in [0, 0.05) is 27.9 Å². The summed E-state index contributed by atoms with van der Waals surface area (Å²) in [6.45, 7) is 1.86. The van der Waals surface area contributed by atoms with E-state index in [4.69, 9.17) is 4.74 Å². The van der Waals surface area contributed by atoms with Crippen molar-refractivity contribution in [3.63, 3.8) is 0 Å². The van der Waals surface area contributed by atoms with Gasteiger partial charge in [-0.3, -0.25) is 0 Å². The molecule has 3 heteroatoms. The minimum absolute atomic E-state index is 0.745. The van der Waals surface area contributed by atoms with Gasteiger partial charge in [-0.05, 0) is 40.8 Å². The molecule has 0 saturated carbocycles. The lowest BCUT2D eigenvalue weighted by atomic mass is 9.99. The van der Waals surface area contributed by atoms with E-state index in [1.165, 1.54) is 22.2 Å². The minimum atomic E-state index is 0.745. The van der Waals surface area contributed by atoms with Crippen LogP contribution in [-0.2, 0) is 4.74 Å². The summed E-state index contributed by atoms with van der Waals surface area (Å²) < 4.78 is 6.54. The molecule has 1 fully saturated rings. The predicted octanol–water partition coefficient (Wildman–Crippen LogP) is 3.40. The molecule has 1 aromatic rings. The summed E-state index contributed by atoms with van der Waals surface area (Å²) in [4.78, 5) is 1.50. The molecule has 1 aliphatic rings. The SMILES string of the molecule is Brc1csc(C2CCOCC2)c1. The summed E-state index contributed by atoms with van der Waals surface area (Å²) in [6, 6.07) is 2.24. The molecule has 2 heterocycles. The Balaban J connectivity index is 2.08. The molecule has 1 nitrogen and oxygen atoms in total. The summed E-state index contributed by atoms with van der Waals surface area (Å²) >= 11 is 5.33. The van der Waals surface area contributed by atoms with Crippen molar-refractivity contribution in [3.05, 3.63) is 20.8 Å². The Morgan fingerprint density at radius 2 is 2.17 bits per heavy atom. The molecule has 12 heavy (non-hydrogen) atoms. The highest BCUT2D eigenvalue weighted by molar-refractivity contribution is 9.10. The fourth-order valence-electron chi connectivity index (χ4n) is 1.52. The van der Waals surface area contributed by atoms with Crippen molar-refractivity contribution in [2.45, 2.75) is 18.8 Å². The first-order chi connectivity index (χ1) is 5.86. The van der Waals surface area contributed by atoms with Crippen LogP contribution in [0.3, 0.4) is 0 Å². The zero-order chi connectivity index (χ0) is 8.39. The van der Waals surface area contributed by atoms with Crippen molar-refractivity contribution in [1.29, 1.82) is 0 Å². The molecule has 1 aliphatic heterocycles. The van der Waals surface area contributed by atoms with Gasteiger partial charge in [-0.1, -0.05) is 0 Å². The predicted molar refractivity (Wildman–Crippen MR) is 54.8 cm³/mol. The van der Waals surface area contributed by atoms with E-state index in [9.17, 15) is 0 Å². The standard InChI is InChI=1S/C9H11BrOS/c10-8-5-9(12-6-8)7-1-3-11-4-2-7/h5-7H,1-4H2. The van der Waals surface area contributed by atoms with E-state index in [1.807, 2.05) is 11.3 Å². The molecule has 0 amide bonds. The van der Waals surface area contributed by atoms with Crippen LogP contribution in [0.1, 0.15) is 23.6 Å². The second kappa shape index (κ2) is 3.90. The molecule has 0 radical (unpaired) electrons. The van der Waals surface area contributed by atoms with E-state index in [0.29, 0.717) is 0 Å². The van der Waals surface area contributed by atoms with Crippen molar-refractivity contribution in [1.82, 2.24) is 0 Å². The van der Waals surface area contributed by atoms with Crippen molar-refractivity contribution in [2.24, 2.45) is 0 Å². The average molecular weight is 247 g/mol. The van der Waals surface area contributed by atoms with Gasteiger partial charge in [-0.25, -0.2) is 0 Å². The largest absolute Gasteiger partial charge is 0.381 e. The van der Waals surface area contributed by atoms with Gasteiger partial charge in [0.1, 0.15) is 0 Å². The van der Waals surface area contributed by atoms with Crippen LogP contribution < -0.4 is 0 Å². The molecule has 0 aromatic carbocycles. The molecular weight excluding hydrogens is 236 g/mol. The van der Waals surface area contributed by atoms with Gasteiger partial charge in [0.25, 0.3) is 0 Å². The summed E-state index contributed by atoms with van der Waals surface area (Å²) in [5, 5.41) is 2.16. The molecule has 0 atom stereocenters. The Kier molecular flexibility index (Phi) is 2.84. The molecule has 66 valence electrons. The van der Waals surface area contributed by atoms with Crippen molar-refractivity contribution in [3.8, 4) is 0 Å². The van der Waals surface area contributed by atoms with Gasteiger partial charge in [0.15, 0.2) is 0 Å². The first kappa shape index (κ1) is 8.73. The van der Waals surface area contributed by atoms with Gasteiger partial charge in [-0.15, -0.1) is 11.3 Å². The maximum absolute atomic E-state index is 5.32. The second-order valence-corrected chi connectivity index (χ2v) is 4.91. The lowest BCUT2D eigenvalue weighted by molar-refractivity contribution is 0.0860. The molecule has 0 bridgehead atoms. The van der Waals surface area contributed by atoms with E-state index in [0.717, 1.165) is 19.1 Å². The van der Waals surface area contributed by atoms with Crippen molar-refractivity contribution >= 4 is 27.3 Å². The molecule has 1 aromatic heterocycles. The van der Waals surface area contributed by atoms with Crippen LogP contribution in [-0.4, -0.2) is 13.2 Å². The summed E-state index contributed by atoms with van der Waals surface area (Å²) in [6.07, 6.45) is 2.37. The fraction of sp³-hybridized carbons (Fsp3) is 0.556. The Hall–Kier alpha value is 0.140. The molecular formula is C9H11BrOS. The van der Waals surface area contributed by atoms with Crippen LogP contribution in [0.2, 0.25) is 0 Å². The number of rotatable bonds is 1. The second-order valence-electron chi connectivity index (χ2n) is 3.05. The Bertz CT molecular complexity index is 253. The van der Waals surface area contributed by atoms with Crippen LogP contribution in [0.25, 0.3) is 0 Å².